The van der Waals surface area contributed by atoms with E-state index >= 15 is 0 Å². The summed E-state index contributed by atoms with van der Waals surface area (Å²) in [6.07, 6.45) is 0. The van der Waals surface area contributed by atoms with E-state index in [4.69, 9.17) is 4.74 Å². The quantitative estimate of drug-likeness (QED) is 0.686. The topological polar surface area (TPSA) is 65.1 Å². The molecule has 0 bridgehead atoms. The molecular formula is C25H34N4O3. The summed E-state index contributed by atoms with van der Waals surface area (Å²) in [5.41, 5.74) is 2.96. The largest absolute Gasteiger partial charge is 0.492 e. The zero-order valence-electron chi connectivity index (χ0n) is 19.5. The van der Waals surface area contributed by atoms with Gasteiger partial charge in [0.25, 0.3) is 0 Å². The highest BCUT2D eigenvalue weighted by molar-refractivity contribution is 5.95. The van der Waals surface area contributed by atoms with Crippen molar-refractivity contribution in [1.82, 2.24) is 9.80 Å². The van der Waals surface area contributed by atoms with E-state index in [-0.39, 0.29) is 24.4 Å². The number of hydrogen-bond acceptors (Lipinski definition) is 5. The molecule has 2 aromatic carbocycles. The van der Waals surface area contributed by atoms with Gasteiger partial charge in [-0.2, -0.15) is 0 Å². The van der Waals surface area contributed by atoms with Crippen LogP contribution in [-0.4, -0.2) is 74.0 Å². The van der Waals surface area contributed by atoms with Crippen LogP contribution in [0.4, 0.5) is 11.4 Å². The fourth-order valence-corrected chi connectivity index (χ4v) is 3.95. The number of likely N-dealkylation sites (N-methyl/N-ethyl adjacent to an activating group) is 1. The lowest BCUT2D eigenvalue weighted by Crippen LogP contribution is -2.54. The first-order valence-corrected chi connectivity index (χ1v) is 11.2. The van der Waals surface area contributed by atoms with Crippen LogP contribution in [0.2, 0.25) is 0 Å². The normalized spacial score (nSPS) is 15.2. The molecule has 7 heteroatoms. The minimum absolute atomic E-state index is 0.0265. The number of benzene rings is 2. The Hall–Kier alpha value is -3.06. The van der Waals surface area contributed by atoms with Gasteiger partial charge in [-0.1, -0.05) is 29.8 Å². The molecule has 3 rings (SSSR count). The molecule has 1 saturated heterocycles. The molecule has 1 fully saturated rings. The van der Waals surface area contributed by atoms with Crippen LogP contribution in [0, 0.1) is 6.92 Å². The van der Waals surface area contributed by atoms with Gasteiger partial charge in [-0.15, -0.1) is 0 Å². The second-order valence-corrected chi connectivity index (χ2v) is 8.21. The summed E-state index contributed by atoms with van der Waals surface area (Å²) in [5.74, 6) is 0.647. The lowest BCUT2D eigenvalue weighted by Gasteiger charge is -2.39. The molecule has 1 atom stereocenters. The summed E-state index contributed by atoms with van der Waals surface area (Å²) < 4.78 is 5.77. The number of piperazine rings is 1. The first kappa shape index (κ1) is 23.6. The highest BCUT2D eigenvalue weighted by atomic mass is 16.5. The van der Waals surface area contributed by atoms with E-state index in [1.54, 1.807) is 7.05 Å². The van der Waals surface area contributed by atoms with Gasteiger partial charge in [-0.25, -0.2) is 0 Å². The monoisotopic (exact) mass is 438 g/mol. The Labute approximate surface area is 190 Å². The second-order valence-electron chi connectivity index (χ2n) is 8.21. The molecule has 172 valence electrons. The van der Waals surface area contributed by atoms with Crippen LogP contribution in [0.3, 0.4) is 0 Å². The number of hydrogen-bond donors (Lipinski definition) is 1. The average molecular weight is 439 g/mol. The summed E-state index contributed by atoms with van der Waals surface area (Å²) in [6.45, 7) is 9.74. The van der Waals surface area contributed by atoms with Gasteiger partial charge in [0, 0.05) is 38.9 Å². The molecule has 32 heavy (non-hydrogen) atoms. The van der Waals surface area contributed by atoms with E-state index in [9.17, 15) is 9.59 Å². The van der Waals surface area contributed by atoms with Crippen molar-refractivity contribution < 1.29 is 14.3 Å². The number of para-hydroxylation sites is 2. The smallest absolute Gasteiger partial charge is 0.243 e. The van der Waals surface area contributed by atoms with Gasteiger partial charge in [0.1, 0.15) is 5.75 Å². The lowest BCUT2D eigenvalue weighted by atomic mass is 10.1. The number of nitrogens with one attached hydrogen (secondary N) is 1. The number of carbonyl (C=O) groups is 2. The summed E-state index contributed by atoms with van der Waals surface area (Å²) in [6, 6.07) is 15.4. The number of anilines is 2. The predicted molar refractivity (Wildman–Crippen MR) is 128 cm³/mol. The van der Waals surface area contributed by atoms with E-state index in [0.29, 0.717) is 6.61 Å². The van der Waals surface area contributed by atoms with E-state index in [0.717, 1.165) is 48.9 Å². The molecule has 2 amide bonds. The molecule has 0 aliphatic carbocycles. The standard InChI is InChI=1S/C25H34N4O3/c1-5-32-23-9-7-6-8-22(23)29-16-14-28(15-17-29)20(3)25(31)27(4)18-24(30)26-21-12-10-19(2)11-13-21/h6-13,20H,5,14-18H2,1-4H3,(H,26,30). The van der Waals surface area contributed by atoms with Crippen molar-refractivity contribution in [2.45, 2.75) is 26.8 Å². The van der Waals surface area contributed by atoms with Gasteiger partial charge in [0.2, 0.25) is 11.8 Å². The Bertz CT molecular complexity index is 908. The number of amides is 2. The zero-order chi connectivity index (χ0) is 23.1. The molecule has 1 unspecified atom stereocenters. The molecule has 0 radical (unpaired) electrons. The van der Waals surface area contributed by atoms with Crippen molar-refractivity contribution in [3.8, 4) is 5.75 Å². The molecule has 1 aliphatic heterocycles. The Morgan fingerprint density at radius 1 is 1.06 bits per heavy atom. The van der Waals surface area contributed by atoms with Crippen LogP contribution in [-0.2, 0) is 9.59 Å². The number of nitrogens with zero attached hydrogens (tertiary/aromatic N) is 3. The van der Waals surface area contributed by atoms with Crippen molar-refractivity contribution in [1.29, 1.82) is 0 Å². The average Bonchev–Trinajstić information content (AvgIpc) is 2.80. The summed E-state index contributed by atoms with van der Waals surface area (Å²) in [4.78, 5) is 31.3. The molecule has 0 aromatic heterocycles. The molecule has 0 saturated carbocycles. The zero-order valence-corrected chi connectivity index (χ0v) is 19.5. The van der Waals surface area contributed by atoms with Crippen LogP contribution in [0.5, 0.6) is 5.75 Å². The fourth-order valence-electron chi connectivity index (χ4n) is 3.95. The molecule has 0 spiro atoms. The highest BCUT2D eigenvalue weighted by Gasteiger charge is 2.29. The molecule has 7 nitrogen and oxygen atoms in total. The van der Waals surface area contributed by atoms with Crippen molar-refractivity contribution >= 4 is 23.2 Å². The third-order valence-corrected chi connectivity index (χ3v) is 5.82. The van der Waals surface area contributed by atoms with E-state index < -0.39 is 0 Å². The van der Waals surface area contributed by atoms with E-state index in [2.05, 4.69) is 21.2 Å². The van der Waals surface area contributed by atoms with Crippen LogP contribution in [0.25, 0.3) is 0 Å². The van der Waals surface area contributed by atoms with Gasteiger partial charge < -0.3 is 19.9 Å². The van der Waals surface area contributed by atoms with Crippen molar-refractivity contribution in [3.05, 3.63) is 54.1 Å². The van der Waals surface area contributed by atoms with Gasteiger partial charge >= 0.3 is 0 Å². The van der Waals surface area contributed by atoms with Gasteiger partial charge in [-0.05, 0) is 45.0 Å². The van der Waals surface area contributed by atoms with E-state index in [1.165, 1.54) is 4.90 Å². The number of carbonyl (C=O) groups excluding carboxylic acids is 2. The summed E-state index contributed by atoms with van der Waals surface area (Å²) >= 11 is 0. The predicted octanol–water partition coefficient (Wildman–Crippen LogP) is 3.00. The third kappa shape index (κ3) is 6.01. The van der Waals surface area contributed by atoms with Crippen molar-refractivity contribution in [2.75, 3.05) is 56.6 Å². The Morgan fingerprint density at radius 3 is 2.38 bits per heavy atom. The van der Waals surface area contributed by atoms with E-state index in [1.807, 2.05) is 63.2 Å². The number of ether oxygens (including phenoxy) is 1. The first-order valence-electron chi connectivity index (χ1n) is 11.2. The Morgan fingerprint density at radius 2 is 1.72 bits per heavy atom. The SMILES string of the molecule is CCOc1ccccc1N1CCN(C(C)C(=O)N(C)CC(=O)Nc2ccc(C)cc2)CC1. The first-order chi connectivity index (χ1) is 15.4. The van der Waals surface area contributed by atoms with Gasteiger partial charge in [0.15, 0.2) is 0 Å². The number of rotatable bonds is 8. The van der Waals surface area contributed by atoms with Gasteiger partial charge in [-0.3, -0.25) is 14.5 Å². The maximum atomic E-state index is 12.9. The van der Waals surface area contributed by atoms with Crippen molar-refractivity contribution in [3.63, 3.8) is 0 Å². The summed E-state index contributed by atoms with van der Waals surface area (Å²) in [5, 5.41) is 2.85. The van der Waals surface area contributed by atoms with Crippen molar-refractivity contribution in [2.24, 2.45) is 0 Å². The van der Waals surface area contributed by atoms with Crippen LogP contribution in [0.15, 0.2) is 48.5 Å². The maximum absolute atomic E-state index is 12.9. The maximum Gasteiger partial charge on any atom is 0.243 e. The summed E-state index contributed by atoms with van der Waals surface area (Å²) in [7, 11) is 1.68. The van der Waals surface area contributed by atoms with Crippen LogP contribution >= 0.6 is 0 Å². The minimum Gasteiger partial charge on any atom is -0.492 e. The van der Waals surface area contributed by atoms with Crippen LogP contribution in [0.1, 0.15) is 19.4 Å². The third-order valence-electron chi connectivity index (χ3n) is 5.82. The molecule has 1 N–H and O–H groups in total. The van der Waals surface area contributed by atoms with Crippen LogP contribution < -0.4 is 15.0 Å². The lowest BCUT2D eigenvalue weighted by molar-refractivity contribution is -0.137. The minimum atomic E-state index is -0.281. The molecule has 1 aliphatic rings. The Balaban J connectivity index is 1.50. The second kappa shape index (κ2) is 11.0. The van der Waals surface area contributed by atoms with Gasteiger partial charge in [0.05, 0.1) is 24.9 Å². The highest BCUT2D eigenvalue weighted by Crippen LogP contribution is 2.29. The number of aryl methyl sites for hydroxylation is 1. The Kier molecular flexibility index (Phi) is 8.11. The molecule has 1 heterocycles. The fraction of sp³-hybridized carbons (Fsp3) is 0.440. The molecule has 2 aromatic rings. The molecular weight excluding hydrogens is 404 g/mol.